The van der Waals surface area contributed by atoms with Gasteiger partial charge >= 0.3 is 5.97 Å². The second-order valence-electron chi connectivity index (χ2n) is 3.53. The lowest BCUT2D eigenvalue weighted by Crippen LogP contribution is -2.43. The highest BCUT2D eigenvalue weighted by Crippen LogP contribution is 1.95. The standard InChI is InChI=1S/C11H18N2O3/c1-4-6-9(11(15)16)13-10(14)7-8(3)12-5-2/h1,8-9,12H,5-7H2,2-3H3,(H,13,14)(H,15,16). The summed E-state index contributed by atoms with van der Waals surface area (Å²) in [7, 11) is 0. The summed E-state index contributed by atoms with van der Waals surface area (Å²) in [4.78, 5) is 22.1. The average Bonchev–Trinajstić information content (AvgIpc) is 2.16. The Kier molecular flexibility index (Phi) is 6.97. The highest BCUT2D eigenvalue weighted by atomic mass is 16.4. The van der Waals surface area contributed by atoms with E-state index in [1.165, 1.54) is 0 Å². The number of hydrogen-bond donors (Lipinski definition) is 3. The summed E-state index contributed by atoms with van der Waals surface area (Å²) < 4.78 is 0. The Morgan fingerprint density at radius 1 is 1.50 bits per heavy atom. The Morgan fingerprint density at radius 3 is 2.56 bits per heavy atom. The molecule has 0 bridgehead atoms. The molecule has 0 heterocycles. The molecule has 0 saturated carbocycles. The molecule has 0 aromatic rings. The van der Waals surface area contributed by atoms with Gasteiger partial charge in [0.15, 0.2) is 0 Å². The molecule has 90 valence electrons. The third-order valence-corrected chi connectivity index (χ3v) is 2.00. The van der Waals surface area contributed by atoms with E-state index in [9.17, 15) is 9.59 Å². The first-order valence-electron chi connectivity index (χ1n) is 5.20. The molecule has 0 saturated heterocycles. The van der Waals surface area contributed by atoms with Crippen molar-refractivity contribution < 1.29 is 14.7 Å². The zero-order chi connectivity index (χ0) is 12.6. The monoisotopic (exact) mass is 226 g/mol. The Balaban J connectivity index is 4.10. The fourth-order valence-electron chi connectivity index (χ4n) is 1.27. The van der Waals surface area contributed by atoms with E-state index in [2.05, 4.69) is 16.6 Å². The molecule has 3 N–H and O–H groups in total. The van der Waals surface area contributed by atoms with Crippen LogP contribution in [0.2, 0.25) is 0 Å². The summed E-state index contributed by atoms with van der Waals surface area (Å²) in [5, 5.41) is 14.2. The van der Waals surface area contributed by atoms with Crippen molar-refractivity contribution in [1.82, 2.24) is 10.6 Å². The SMILES string of the molecule is C#CCC(NC(=O)CC(C)NCC)C(=O)O. The molecule has 2 atom stereocenters. The van der Waals surface area contributed by atoms with Gasteiger partial charge in [-0.3, -0.25) is 4.79 Å². The van der Waals surface area contributed by atoms with Crippen LogP contribution in [0.5, 0.6) is 0 Å². The number of terminal acetylenes is 1. The maximum absolute atomic E-state index is 11.4. The highest BCUT2D eigenvalue weighted by molar-refractivity contribution is 5.84. The molecule has 16 heavy (non-hydrogen) atoms. The molecule has 0 spiro atoms. The van der Waals surface area contributed by atoms with Gasteiger partial charge in [-0.15, -0.1) is 12.3 Å². The van der Waals surface area contributed by atoms with Crippen molar-refractivity contribution in [2.45, 2.75) is 38.8 Å². The van der Waals surface area contributed by atoms with Gasteiger partial charge in [0.05, 0.1) is 0 Å². The third-order valence-electron chi connectivity index (χ3n) is 2.00. The highest BCUT2D eigenvalue weighted by Gasteiger charge is 2.19. The van der Waals surface area contributed by atoms with Crippen molar-refractivity contribution in [2.75, 3.05) is 6.54 Å². The summed E-state index contributed by atoms with van der Waals surface area (Å²) in [5.74, 6) is 0.804. The average molecular weight is 226 g/mol. The maximum atomic E-state index is 11.4. The summed E-state index contributed by atoms with van der Waals surface area (Å²) in [6.45, 7) is 4.56. The Hall–Kier alpha value is -1.54. The van der Waals surface area contributed by atoms with Gasteiger partial charge in [0, 0.05) is 18.9 Å². The third kappa shape index (κ3) is 6.04. The van der Waals surface area contributed by atoms with E-state index in [1.807, 2.05) is 13.8 Å². The van der Waals surface area contributed by atoms with Crippen LogP contribution >= 0.6 is 0 Å². The van der Waals surface area contributed by atoms with Crippen molar-refractivity contribution in [3.05, 3.63) is 0 Å². The molecule has 5 nitrogen and oxygen atoms in total. The van der Waals surface area contributed by atoms with Gasteiger partial charge in [-0.05, 0) is 13.5 Å². The molecule has 0 rings (SSSR count). The molecular weight excluding hydrogens is 208 g/mol. The van der Waals surface area contributed by atoms with Crippen molar-refractivity contribution >= 4 is 11.9 Å². The summed E-state index contributed by atoms with van der Waals surface area (Å²) in [6.07, 6.45) is 5.25. The van der Waals surface area contributed by atoms with Crippen LogP contribution in [0.25, 0.3) is 0 Å². The van der Waals surface area contributed by atoms with Crippen LogP contribution in [-0.4, -0.2) is 35.6 Å². The second kappa shape index (κ2) is 7.71. The van der Waals surface area contributed by atoms with Crippen LogP contribution < -0.4 is 10.6 Å². The lowest BCUT2D eigenvalue weighted by atomic mass is 10.2. The van der Waals surface area contributed by atoms with Gasteiger partial charge < -0.3 is 15.7 Å². The van der Waals surface area contributed by atoms with Crippen molar-refractivity contribution in [1.29, 1.82) is 0 Å². The lowest BCUT2D eigenvalue weighted by Gasteiger charge is -2.15. The molecular formula is C11H18N2O3. The first kappa shape index (κ1) is 14.5. The molecule has 0 aliphatic heterocycles. The quantitative estimate of drug-likeness (QED) is 0.533. The van der Waals surface area contributed by atoms with Gasteiger partial charge in [0.2, 0.25) is 5.91 Å². The number of carbonyl (C=O) groups is 2. The van der Waals surface area contributed by atoms with Gasteiger partial charge in [-0.2, -0.15) is 0 Å². The minimum absolute atomic E-state index is 0.00331. The van der Waals surface area contributed by atoms with Crippen LogP contribution in [0, 0.1) is 12.3 Å². The van der Waals surface area contributed by atoms with E-state index in [1.54, 1.807) is 0 Å². The number of carboxylic acids is 1. The van der Waals surface area contributed by atoms with E-state index in [4.69, 9.17) is 11.5 Å². The number of aliphatic carboxylic acids is 1. The fourth-order valence-corrected chi connectivity index (χ4v) is 1.27. The zero-order valence-electron chi connectivity index (χ0n) is 9.62. The molecule has 5 heteroatoms. The van der Waals surface area contributed by atoms with E-state index >= 15 is 0 Å². The zero-order valence-corrected chi connectivity index (χ0v) is 9.62. The predicted molar refractivity (Wildman–Crippen MR) is 60.8 cm³/mol. The van der Waals surface area contributed by atoms with E-state index in [0.717, 1.165) is 6.54 Å². The van der Waals surface area contributed by atoms with Crippen LogP contribution in [0.4, 0.5) is 0 Å². The Labute approximate surface area is 95.6 Å². The molecule has 0 radical (unpaired) electrons. The summed E-state index contributed by atoms with van der Waals surface area (Å²) >= 11 is 0. The number of amides is 1. The Morgan fingerprint density at radius 2 is 2.12 bits per heavy atom. The number of rotatable bonds is 7. The molecule has 0 aromatic heterocycles. The Bertz CT molecular complexity index is 283. The fraction of sp³-hybridized carbons (Fsp3) is 0.636. The number of hydrogen-bond acceptors (Lipinski definition) is 3. The van der Waals surface area contributed by atoms with Gasteiger partial charge in [-0.1, -0.05) is 6.92 Å². The molecule has 2 unspecified atom stereocenters. The first-order chi connectivity index (χ1) is 7.51. The largest absolute Gasteiger partial charge is 0.480 e. The first-order valence-corrected chi connectivity index (χ1v) is 5.20. The van der Waals surface area contributed by atoms with Crippen molar-refractivity contribution in [2.24, 2.45) is 0 Å². The van der Waals surface area contributed by atoms with Crippen LogP contribution in [0.1, 0.15) is 26.7 Å². The second-order valence-corrected chi connectivity index (χ2v) is 3.53. The minimum atomic E-state index is -1.11. The van der Waals surface area contributed by atoms with Crippen LogP contribution in [-0.2, 0) is 9.59 Å². The number of nitrogens with one attached hydrogen (secondary N) is 2. The molecule has 1 amide bonds. The van der Waals surface area contributed by atoms with Gasteiger partial charge in [-0.25, -0.2) is 4.79 Å². The predicted octanol–water partition coefficient (Wildman–Crippen LogP) is -0.0328. The molecule has 0 fully saturated rings. The lowest BCUT2D eigenvalue weighted by molar-refractivity contribution is -0.141. The number of carbonyl (C=O) groups excluding carboxylic acids is 1. The van der Waals surface area contributed by atoms with Crippen LogP contribution in [0.15, 0.2) is 0 Å². The summed E-state index contributed by atoms with van der Waals surface area (Å²) in [6, 6.07) is -0.975. The smallest absolute Gasteiger partial charge is 0.327 e. The number of carboxylic acid groups (broad SMARTS) is 1. The molecule has 0 aliphatic carbocycles. The van der Waals surface area contributed by atoms with Gasteiger partial charge in [0.1, 0.15) is 6.04 Å². The van der Waals surface area contributed by atoms with Crippen LogP contribution in [0.3, 0.4) is 0 Å². The maximum Gasteiger partial charge on any atom is 0.327 e. The topological polar surface area (TPSA) is 78.4 Å². The van der Waals surface area contributed by atoms with E-state index in [-0.39, 0.29) is 24.8 Å². The van der Waals surface area contributed by atoms with Crippen molar-refractivity contribution in [3.63, 3.8) is 0 Å². The van der Waals surface area contributed by atoms with E-state index in [0.29, 0.717) is 0 Å². The van der Waals surface area contributed by atoms with E-state index < -0.39 is 12.0 Å². The normalized spacial score (nSPS) is 13.6. The summed E-state index contributed by atoms with van der Waals surface area (Å²) in [5.41, 5.74) is 0. The molecule has 0 aliphatic rings. The van der Waals surface area contributed by atoms with Crippen molar-refractivity contribution in [3.8, 4) is 12.3 Å². The minimum Gasteiger partial charge on any atom is -0.480 e. The molecule has 0 aromatic carbocycles. The van der Waals surface area contributed by atoms with Gasteiger partial charge in [0.25, 0.3) is 0 Å².